The van der Waals surface area contributed by atoms with Crippen LogP contribution in [0.5, 0.6) is 0 Å². The Morgan fingerprint density at radius 1 is 1.58 bits per heavy atom. The third kappa shape index (κ3) is 2.36. The van der Waals surface area contributed by atoms with E-state index in [-0.39, 0.29) is 5.97 Å². The van der Waals surface area contributed by atoms with E-state index < -0.39 is 0 Å². The van der Waals surface area contributed by atoms with Crippen molar-refractivity contribution in [3.05, 3.63) is 11.6 Å². The van der Waals surface area contributed by atoms with Crippen LogP contribution in [-0.2, 0) is 9.53 Å². The summed E-state index contributed by atoms with van der Waals surface area (Å²) >= 11 is 0. The first-order chi connectivity index (χ1) is 5.74. The second-order valence-corrected chi connectivity index (χ2v) is 3.26. The van der Waals surface area contributed by atoms with Gasteiger partial charge in [-0.1, -0.05) is 12.5 Å². The highest BCUT2D eigenvalue weighted by Crippen LogP contribution is 2.28. The molecule has 0 aromatic heterocycles. The summed E-state index contributed by atoms with van der Waals surface area (Å²) in [5, 5.41) is 0. The maximum Gasteiger partial charge on any atom is 0.333 e. The molecule has 2 heteroatoms. The first-order valence-corrected chi connectivity index (χ1v) is 4.59. The molecule has 0 unspecified atom stereocenters. The zero-order chi connectivity index (χ0) is 8.97. The van der Waals surface area contributed by atoms with Gasteiger partial charge in [-0.3, -0.25) is 0 Å². The van der Waals surface area contributed by atoms with Crippen LogP contribution >= 0.6 is 0 Å². The molecule has 0 radical (unpaired) electrons. The van der Waals surface area contributed by atoms with Gasteiger partial charge in [0, 0.05) is 5.57 Å². The van der Waals surface area contributed by atoms with E-state index in [4.69, 9.17) is 4.74 Å². The van der Waals surface area contributed by atoms with Gasteiger partial charge in [0.15, 0.2) is 0 Å². The molecular weight excluding hydrogens is 152 g/mol. The van der Waals surface area contributed by atoms with Crippen LogP contribution in [0.3, 0.4) is 0 Å². The van der Waals surface area contributed by atoms with Gasteiger partial charge in [0.2, 0.25) is 0 Å². The van der Waals surface area contributed by atoms with Crippen molar-refractivity contribution >= 4 is 5.97 Å². The minimum absolute atomic E-state index is 0.163. The number of ether oxygens (including phenoxy) is 1. The van der Waals surface area contributed by atoms with Crippen molar-refractivity contribution in [1.82, 2.24) is 0 Å². The minimum Gasteiger partial charge on any atom is -0.463 e. The Labute approximate surface area is 73.6 Å². The Bertz CT molecular complexity index is 190. The average molecular weight is 168 g/mol. The summed E-state index contributed by atoms with van der Waals surface area (Å²) in [5.41, 5.74) is 0.765. The van der Waals surface area contributed by atoms with Crippen molar-refractivity contribution in [1.29, 1.82) is 0 Å². The molecule has 0 atom stereocenters. The SMILES string of the molecule is CCOC(=O)/C(C)=C/C1CCC1. The maximum atomic E-state index is 11.1. The molecule has 2 nitrogen and oxygen atoms in total. The summed E-state index contributed by atoms with van der Waals surface area (Å²) in [4.78, 5) is 11.1. The summed E-state index contributed by atoms with van der Waals surface area (Å²) in [6.45, 7) is 4.12. The van der Waals surface area contributed by atoms with Crippen LogP contribution in [0.15, 0.2) is 11.6 Å². The Kier molecular flexibility index (Phi) is 3.32. The first-order valence-electron chi connectivity index (χ1n) is 4.59. The zero-order valence-electron chi connectivity index (χ0n) is 7.80. The van der Waals surface area contributed by atoms with Crippen molar-refractivity contribution in [3.8, 4) is 0 Å². The molecule has 1 aliphatic carbocycles. The van der Waals surface area contributed by atoms with Gasteiger partial charge < -0.3 is 4.74 Å². The number of hydrogen-bond donors (Lipinski definition) is 0. The molecule has 0 bridgehead atoms. The van der Waals surface area contributed by atoms with E-state index in [0.717, 1.165) is 5.57 Å². The number of rotatable bonds is 3. The molecular formula is C10H16O2. The van der Waals surface area contributed by atoms with Crippen molar-refractivity contribution in [2.24, 2.45) is 5.92 Å². The van der Waals surface area contributed by atoms with Crippen molar-refractivity contribution in [3.63, 3.8) is 0 Å². The van der Waals surface area contributed by atoms with Crippen LogP contribution in [-0.4, -0.2) is 12.6 Å². The minimum atomic E-state index is -0.163. The Hall–Kier alpha value is -0.790. The Morgan fingerprint density at radius 3 is 2.67 bits per heavy atom. The molecule has 1 saturated carbocycles. The van der Waals surface area contributed by atoms with Crippen LogP contribution in [0.4, 0.5) is 0 Å². The fraction of sp³-hybridized carbons (Fsp3) is 0.700. The van der Waals surface area contributed by atoms with Gasteiger partial charge >= 0.3 is 5.97 Å². The van der Waals surface area contributed by atoms with Gasteiger partial charge in [0.1, 0.15) is 0 Å². The molecule has 12 heavy (non-hydrogen) atoms. The smallest absolute Gasteiger partial charge is 0.333 e. The van der Waals surface area contributed by atoms with Crippen LogP contribution in [0.25, 0.3) is 0 Å². The van der Waals surface area contributed by atoms with Crippen LogP contribution < -0.4 is 0 Å². The predicted octanol–water partition coefficient (Wildman–Crippen LogP) is 2.30. The van der Waals surface area contributed by atoms with Crippen molar-refractivity contribution in [2.45, 2.75) is 33.1 Å². The summed E-state index contributed by atoms with van der Waals surface area (Å²) in [6.07, 6.45) is 5.81. The zero-order valence-corrected chi connectivity index (χ0v) is 7.80. The quantitative estimate of drug-likeness (QED) is 0.477. The molecule has 0 aromatic carbocycles. The van der Waals surface area contributed by atoms with Crippen LogP contribution in [0, 0.1) is 5.92 Å². The van der Waals surface area contributed by atoms with E-state index in [1.165, 1.54) is 19.3 Å². The van der Waals surface area contributed by atoms with E-state index in [9.17, 15) is 4.79 Å². The summed E-state index contributed by atoms with van der Waals surface area (Å²) in [6, 6.07) is 0. The molecule has 0 spiro atoms. The Balaban J connectivity index is 2.38. The van der Waals surface area contributed by atoms with E-state index in [0.29, 0.717) is 12.5 Å². The number of esters is 1. The molecule has 1 fully saturated rings. The number of carbonyl (C=O) groups excluding carboxylic acids is 1. The summed E-state index contributed by atoms with van der Waals surface area (Å²) in [5.74, 6) is 0.471. The second kappa shape index (κ2) is 4.29. The van der Waals surface area contributed by atoms with E-state index in [2.05, 4.69) is 0 Å². The van der Waals surface area contributed by atoms with Gasteiger partial charge in [0.25, 0.3) is 0 Å². The highest BCUT2D eigenvalue weighted by Gasteiger charge is 2.16. The molecule has 0 aromatic rings. The molecule has 1 rings (SSSR count). The maximum absolute atomic E-state index is 11.1. The Morgan fingerprint density at radius 2 is 2.25 bits per heavy atom. The second-order valence-electron chi connectivity index (χ2n) is 3.26. The largest absolute Gasteiger partial charge is 0.463 e. The standard InChI is InChI=1S/C10H16O2/c1-3-12-10(11)8(2)7-9-5-4-6-9/h7,9H,3-6H2,1-2H3/b8-7+. The molecule has 0 N–H and O–H groups in total. The molecule has 1 aliphatic rings. The highest BCUT2D eigenvalue weighted by molar-refractivity contribution is 5.87. The van der Waals surface area contributed by atoms with Gasteiger partial charge in [-0.2, -0.15) is 0 Å². The van der Waals surface area contributed by atoms with Crippen molar-refractivity contribution < 1.29 is 9.53 Å². The van der Waals surface area contributed by atoms with Crippen molar-refractivity contribution in [2.75, 3.05) is 6.61 Å². The van der Waals surface area contributed by atoms with Gasteiger partial charge in [-0.05, 0) is 32.6 Å². The molecule has 0 heterocycles. The van der Waals surface area contributed by atoms with E-state index in [1.54, 1.807) is 0 Å². The lowest BCUT2D eigenvalue weighted by molar-refractivity contribution is -0.138. The van der Waals surface area contributed by atoms with E-state index >= 15 is 0 Å². The van der Waals surface area contributed by atoms with Crippen LogP contribution in [0.2, 0.25) is 0 Å². The fourth-order valence-electron chi connectivity index (χ4n) is 1.27. The summed E-state index contributed by atoms with van der Waals surface area (Å²) < 4.78 is 4.87. The summed E-state index contributed by atoms with van der Waals surface area (Å²) in [7, 11) is 0. The number of carbonyl (C=O) groups is 1. The lowest BCUT2D eigenvalue weighted by Gasteiger charge is -2.22. The van der Waals surface area contributed by atoms with Gasteiger partial charge in [-0.15, -0.1) is 0 Å². The lowest BCUT2D eigenvalue weighted by Crippen LogP contribution is -2.12. The lowest BCUT2D eigenvalue weighted by atomic mass is 9.84. The fourth-order valence-corrected chi connectivity index (χ4v) is 1.27. The molecule has 0 saturated heterocycles. The monoisotopic (exact) mass is 168 g/mol. The normalized spacial score (nSPS) is 18.7. The van der Waals surface area contributed by atoms with Crippen LogP contribution in [0.1, 0.15) is 33.1 Å². The molecule has 68 valence electrons. The third-order valence-corrected chi connectivity index (χ3v) is 2.23. The van der Waals surface area contributed by atoms with Gasteiger partial charge in [0.05, 0.1) is 6.61 Å². The first kappa shape index (κ1) is 9.30. The highest BCUT2D eigenvalue weighted by atomic mass is 16.5. The third-order valence-electron chi connectivity index (χ3n) is 2.23. The molecule has 0 amide bonds. The topological polar surface area (TPSA) is 26.3 Å². The number of hydrogen-bond acceptors (Lipinski definition) is 2. The van der Waals surface area contributed by atoms with E-state index in [1.807, 2.05) is 19.9 Å². The predicted molar refractivity (Wildman–Crippen MR) is 47.7 cm³/mol. The van der Waals surface area contributed by atoms with Gasteiger partial charge in [-0.25, -0.2) is 4.79 Å². The number of allylic oxidation sites excluding steroid dienone is 1. The average Bonchev–Trinajstić information content (AvgIpc) is 1.97. The molecule has 0 aliphatic heterocycles.